The van der Waals surface area contributed by atoms with Crippen LogP contribution in [0.5, 0.6) is 0 Å². The molecular formula is C29H34BrN3O3S2. The van der Waals surface area contributed by atoms with E-state index in [9.17, 15) is 13.2 Å². The Morgan fingerprint density at radius 2 is 1.45 bits per heavy atom. The summed E-state index contributed by atoms with van der Waals surface area (Å²) in [7, 11) is -3.66. The lowest BCUT2D eigenvalue weighted by molar-refractivity contribution is 0.184. The molecule has 0 atom stereocenters. The Balaban J connectivity index is 1.38. The maximum absolute atomic E-state index is 13.6. The number of piperazine rings is 1. The van der Waals surface area contributed by atoms with E-state index in [1.165, 1.54) is 9.87 Å². The van der Waals surface area contributed by atoms with Gasteiger partial charge in [0.15, 0.2) is 0 Å². The molecule has 1 aliphatic rings. The van der Waals surface area contributed by atoms with Gasteiger partial charge in [0.25, 0.3) is 0 Å². The third kappa shape index (κ3) is 5.96. The van der Waals surface area contributed by atoms with Crippen molar-refractivity contribution in [3.8, 4) is 0 Å². The third-order valence-electron chi connectivity index (χ3n) is 7.48. The predicted octanol–water partition coefficient (Wildman–Crippen LogP) is 6.82. The highest BCUT2D eigenvalue weighted by molar-refractivity contribution is 9.10. The standard InChI is InChI=1S/C29H34BrN3O3S2/c1-19-20(2)22(4)28(23(5)21(19)3)38(35,36)33-15-13-32(14-16-33)29(34)31-25-11-12-27(26(30)17-25)37-18-24-9-7-6-8-10-24/h6-12,17H,13-16,18H2,1-5H3,(H,31,34). The Bertz CT molecular complexity index is 1420. The summed E-state index contributed by atoms with van der Waals surface area (Å²) in [4.78, 5) is 16.1. The fourth-order valence-electron chi connectivity index (χ4n) is 4.75. The fraction of sp³-hybridized carbons (Fsp3) is 0.345. The van der Waals surface area contributed by atoms with Crippen LogP contribution >= 0.6 is 27.7 Å². The van der Waals surface area contributed by atoms with Gasteiger partial charge in [0.2, 0.25) is 10.0 Å². The minimum atomic E-state index is -3.66. The number of halogens is 1. The Morgan fingerprint density at radius 3 is 2.03 bits per heavy atom. The molecule has 1 aliphatic heterocycles. The van der Waals surface area contributed by atoms with Crippen LogP contribution in [-0.4, -0.2) is 49.8 Å². The van der Waals surface area contributed by atoms with Crippen LogP contribution < -0.4 is 5.32 Å². The molecule has 202 valence electrons. The second kappa shape index (κ2) is 11.8. The number of nitrogens with one attached hydrogen (secondary N) is 1. The molecule has 0 radical (unpaired) electrons. The molecule has 0 saturated carbocycles. The molecule has 6 nitrogen and oxygen atoms in total. The van der Waals surface area contributed by atoms with Crippen molar-refractivity contribution in [2.75, 3.05) is 31.5 Å². The van der Waals surface area contributed by atoms with Crippen LogP contribution in [0.4, 0.5) is 10.5 Å². The number of nitrogens with zero attached hydrogens (tertiary/aromatic N) is 2. The number of hydrogen-bond donors (Lipinski definition) is 1. The number of sulfonamides is 1. The van der Waals surface area contributed by atoms with E-state index in [2.05, 4.69) is 33.4 Å². The topological polar surface area (TPSA) is 69.7 Å². The van der Waals surface area contributed by atoms with E-state index in [1.54, 1.807) is 16.7 Å². The highest BCUT2D eigenvalue weighted by Gasteiger charge is 2.33. The van der Waals surface area contributed by atoms with E-state index in [1.807, 2.05) is 71.0 Å². The lowest BCUT2D eigenvalue weighted by Crippen LogP contribution is -2.51. The molecule has 0 aliphatic carbocycles. The van der Waals surface area contributed by atoms with Crippen molar-refractivity contribution in [3.63, 3.8) is 0 Å². The number of hydrogen-bond acceptors (Lipinski definition) is 4. The second-order valence-corrected chi connectivity index (χ2v) is 13.4. The molecule has 2 amide bonds. The Morgan fingerprint density at radius 1 is 0.868 bits per heavy atom. The number of anilines is 1. The predicted molar refractivity (Wildman–Crippen MR) is 160 cm³/mol. The molecule has 0 unspecified atom stereocenters. The smallest absolute Gasteiger partial charge is 0.321 e. The van der Waals surface area contributed by atoms with Gasteiger partial charge in [-0.3, -0.25) is 0 Å². The second-order valence-electron chi connectivity index (χ2n) is 9.69. The molecule has 0 aromatic heterocycles. The first kappa shape index (κ1) is 28.7. The first-order valence-corrected chi connectivity index (χ1v) is 15.8. The van der Waals surface area contributed by atoms with Crippen LogP contribution in [0.2, 0.25) is 0 Å². The van der Waals surface area contributed by atoms with E-state index in [0.717, 1.165) is 42.9 Å². The molecule has 38 heavy (non-hydrogen) atoms. The minimum Gasteiger partial charge on any atom is -0.322 e. The summed E-state index contributed by atoms with van der Waals surface area (Å²) in [5.41, 5.74) is 6.72. The largest absolute Gasteiger partial charge is 0.322 e. The molecule has 4 rings (SSSR count). The summed E-state index contributed by atoms with van der Waals surface area (Å²) in [5, 5.41) is 2.96. The zero-order valence-electron chi connectivity index (χ0n) is 22.5. The molecule has 0 spiro atoms. The summed E-state index contributed by atoms with van der Waals surface area (Å²) in [6.45, 7) is 10.9. The minimum absolute atomic E-state index is 0.229. The Labute approximate surface area is 239 Å². The number of thioether (sulfide) groups is 1. The molecule has 1 saturated heterocycles. The Hall–Kier alpha value is -2.33. The van der Waals surface area contributed by atoms with Gasteiger partial charge in [-0.2, -0.15) is 4.31 Å². The molecule has 1 fully saturated rings. The van der Waals surface area contributed by atoms with Crippen molar-refractivity contribution in [3.05, 3.63) is 86.4 Å². The van der Waals surface area contributed by atoms with E-state index < -0.39 is 10.0 Å². The van der Waals surface area contributed by atoms with Crippen LogP contribution in [0.1, 0.15) is 33.4 Å². The highest BCUT2D eigenvalue weighted by atomic mass is 79.9. The summed E-state index contributed by atoms with van der Waals surface area (Å²) in [6, 6.07) is 15.8. The summed E-state index contributed by atoms with van der Waals surface area (Å²) >= 11 is 5.35. The lowest BCUT2D eigenvalue weighted by atomic mass is 9.95. The molecular weight excluding hydrogens is 582 g/mol. The highest BCUT2D eigenvalue weighted by Crippen LogP contribution is 2.33. The lowest BCUT2D eigenvalue weighted by Gasteiger charge is -2.35. The molecule has 9 heteroatoms. The number of carbonyl (C=O) groups is 1. The summed E-state index contributed by atoms with van der Waals surface area (Å²) < 4.78 is 29.7. The van der Waals surface area contributed by atoms with Gasteiger partial charge in [-0.05, 0) is 102 Å². The van der Waals surface area contributed by atoms with Crippen LogP contribution in [0.3, 0.4) is 0 Å². The van der Waals surface area contributed by atoms with Crippen LogP contribution in [0.25, 0.3) is 0 Å². The first-order valence-electron chi connectivity index (χ1n) is 12.6. The van der Waals surface area contributed by atoms with Crippen molar-refractivity contribution in [1.82, 2.24) is 9.21 Å². The average molecular weight is 617 g/mol. The van der Waals surface area contributed by atoms with Crippen LogP contribution in [0.15, 0.2) is 62.8 Å². The molecule has 1 heterocycles. The van der Waals surface area contributed by atoms with Gasteiger partial charge in [-0.15, -0.1) is 11.8 Å². The molecule has 0 bridgehead atoms. The number of carbonyl (C=O) groups excluding carboxylic acids is 1. The maximum atomic E-state index is 13.6. The van der Waals surface area contributed by atoms with Gasteiger partial charge in [0.1, 0.15) is 0 Å². The Kier molecular flexibility index (Phi) is 8.92. The number of urea groups is 1. The quantitative estimate of drug-likeness (QED) is 0.309. The molecule has 1 N–H and O–H groups in total. The normalized spacial score (nSPS) is 14.5. The van der Waals surface area contributed by atoms with E-state index >= 15 is 0 Å². The zero-order valence-corrected chi connectivity index (χ0v) is 25.7. The van der Waals surface area contributed by atoms with Crippen molar-refractivity contribution in [1.29, 1.82) is 0 Å². The van der Waals surface area contributed by atoms with Gasteiger partial charge in [-0.1, -0.05) is 30.3 Å². The van der Waals surface area contributed by atoms with Gasteiger partial charge in [-0.25, -0.2) is 13.2 Å². The van der Waals surface area contributed by atoms with Crippen molar-refractivity contribution < 1.29 is 13.2 Å². The third-order valence-corrected chi connectivity index (χ3v) is 11.7. The number of amides is 2. The fourth-order valence-corrected chi connectivity index (χ4v) is 8.33. The van der Waals surface area contributed by atoms with Gasteiger partial charge < -0.3 is 10.2 Å². The van der Waals surface area contributed by atoms with Crippen molar-refractivity contribution >= 4 is 49.4 Å². The first-order chi connectivity index (χ1) is 18.0. The van der Waals surface area contributed by atoms with Crippen LogP contribution in [-0.2, 0) is 15.8 Å². The maximum Gasteiger partial charge on any atom is 0.321 e. The van der Waals surface area contributed by atoms with E-state index in [-0.39, 0.29) is 19.1 Å². The number of rotatable bonds is 6. The van der Waals surface area contributed by atoms with Gasteiger partial charge in [0, 0.05) is 47.0 Å². The van der Waals surface area contributed by atoms with Crippen molar-refractivity contribution in [2.24, 2.45) is 0 Å². The van der Waals surface area contributed by atoms with Gasteiger partial charge >= 0.3 is 6.03 Å². The molecule has 3 aromatic rings. The SMILES string of the molecule is Cc1c(C)c(C)c(S(=O)(=O)N2CCN(C(=O)Nc3ccc(SCc4ccccc4)c(Br)c3)CC2)c(C)c1C. The zero-order chi connectivity index (χ0) is 27.6. The average Bonchev–Trinajstić information content (AvgIpc) is 2.91. The number of benzene rings is 3. The summed E-state index contributed by atoms with van der Waals surface area (Å²) in [5.74, 6) is 0.860. The van der Waals surface area contributed by atoms with Crippen LogP contribution in [0, 0.1) is 34.6 Å². The summed E-state index contributed by atoms with van der Waals surface area (Å²) in [6.07, 6.45) is 0. The van der Waals surface area contributed by atoms with Gasteiger partial charge in [0.05, 0.1) is 4.90 Å². The monoisotopic (exact) mass is 615 g/mol. The van der Waals surface area contributed by atoms with Crippen molar-refractivity contribution in [2.45, 2.75) is 50.2 Å². The molecule has 3 aromatic carbocycles. The van der Waals surface area contributed by atoms with E-state index in [0.29, 0.717) is 23.7 Å². The van der Waals surface area contributed by atoms with E-state index in [4.69, 9.17) is 0 Å².